The SMILES string of the molecule is Cn1cc(C(=O)CC(c2ccccc2Cl)C2CCCC2)ccc1=O. The molecule has 24 heavy (non-hydrogen) atoms. The van der Waals surface area contributed by atoms with Gasteiger partial charge in [-0.3, -0.25) is 9.59 Å². The second-order valence-corrected chi connectivity index (χ2v) is 7.07. The Bertz CT molecular complexity index is 790. The van der Waals surface area contributed by atoms with Crippen LogP contribution < -0.4 is 5.56 Å². The van der Waals surface area contributed by atoms with Gasteiger partial charge in [-0.1, -0.05) is 42.6 Å². The van der Waals surface area contributed by atoms with Gasteiger partial charge < -0.3 is 4.57 Å². The second kappa shape index (κ2) is 7.35. The number of hydrogen-bond donors (Lipinski definition) is 0. The van der Waals surface area contributed by atoms with Gasteiger partial charge in [0.05, 0.1) is 0 Å². The number of aryl methyl sites for hydroxylation is 1. The number of halogens is 1. The highest BCUT2D eigenvalue weighted by Crippen LogP contribution is 2.42. The van der Waals surface area contributed by atoms with Crippen molar-refractivity contribution in [3.8, 4) is 0 Å². The van der Waals surface area contributed by atoms with Crippen molar-refractivity contribution in [3.05, 3.63) is 69.1 Å². The summed E-state index contributed by atoms with van der Waals surface area (Å²) in [6, 6.07) is 10.9. The third kappa shape index (κ3) is 3.62. The van der Waals surface area contributed by atoms with Crippen molar-refractivity contribution in [1.82, 2.24) is 4.57 Å². The summed E-state index contributed by atoms with van der Waals surface area (Å²) in [4.78, 5) is 24.3. The number of ketones is 1. The predicted molar refractivity (Wildman–Crippen MR) is 96.8 cm³/mol. The molecule has 1 aliphatic rings. The van der Waals surface area contributed by atoms with Crippen LogP contribution in [0.4, 0.5) is 0 Å². The Morgan fingerprint density at radius 1 is 1.21 bits per heavy atom. The van der Waals surface area contributed by atoms with Crippen LogP contribution in [0, 0.1) is 5.92 Å². The van der Waals surface area contributed by atoms with Gasteiger partial charge in [-0.2, -0.15) is 0 Å². The van der Waals surface area contributed by atoms with Gasteiger partial charge >= 0.3 is 0 Å². The number of rotatable bonds is 5. The van der Waals surface area contributed by atoms with Crippen LogP contribution in [0.5, 0.6) is 0 Å². The molecule has 3 nitrogen and oxygen atoms in total. The van der Waals surface area contributed by atoms with Crippen molar-refractivity contribution < 1.29 is 4.79 Å². The molecular weight excluding hydrogens is 322 g/mol. The topological polar surface area (TPSA) is 39.1 Å². The van der Waals surface area contributed by atoms with E-state index >= 15 is 0 Å². The molecule has 1 fully saturated rings. The van der Waals surface area contributed by atoms with Crippen molar-refractivity contribution in [2.24, 2.45) is 13.0 Å². The summed E-state index contributed by atoms with van der Waals surface area (Å²) < 4.78 is 1.45. The van der Waals surface area contributed by atoms with Gasteiger partial charge in [0.25, 0.3) is 0 Å². The van der Waals surface area contributed by atoms with Crippen LogP contribution in [-0.2, 0) is 7.05 Å². The standard InChI is InChI=1S/C20H22ClNO2/c1-22-13-15(10-11-20(22)24)19(23)12-17(14-6-2-3-7-14)16-8-4-5-9-18(16)21/h4-5,8-11,13-14,17H,2-3,6-7,12H2,1H3. The Balaban J connectivity index is 1.88. The molecule has 0 amide bonds. The van der Waals surface area contributed by atoms with Crippen LogP contribution in [-0.4, -0.2) is 10.4 Å². The van der Waals surface area contributed by atoms with Crippen molar-refractivity contribution in [2.45, 2.75) is 38.0 Å². The normalized spacial score (nSPS) is 16.2. The maximum Gasteiger partial charge on any atom is 0.250 e. The maximum atomic E-state index is 12.8. The third-order valence-corrected chi connectivity index (χ3v) is 5.43. The average molecular weight is 344 g/mol. The number of hydrogen-bond acceptors (Lipinski definition) is 2. The molecule has 126 valence electrons. The molecule has 3 rings (SSSR count). The Morgan fingerprint density at radius 3 is 2.58 bits per heavy atom. The van der Waals surface area contributed by atoms with Gasteiger partial charge in [0.1, 0.15) is 0 Å². The van der Waals surface area contributed by atoms with E-state index in [-0.39, 0.29) is 17.3 Å². The molecular formula is C20H22ClNO2. The first-order valence-corrected chi connectivity index (χ1v) is 8.88. The van der Waals surface area contributed by atoms with Gasteiger partial charge in [-0.05, 0) is 42.4 Å². The highest BCUT2D eigenvalue weighted by molar-refractivity contribution is 6.31. The van der Waals surface area contributed by atoms with Crippen LogP contribution in [0.25, 0.3) is 0 Å². The van der Waals surface area contributed by atoms with E-state index < -0.39 is 0 Å². The molecule has 0 bridgehead atoms. The van der Waals surface area contributed by atoms with E-state index in [1.807, 2.05) is 24.3 Å². The lowest BCUT2D eigenvalue weighted by molar-refractivity contribution is 0.0963. The van der Waals surface area contributed by atoms with Crippen molar-refractivity contribution >= 4 is 17.4 Å². The van der Waals surface area contributed by atoms with Crippen LogP contribution >= 0.6 is 11.6 Å². The first-order chi connectivity index (χ1) is 11.6. The fraction of sp³-hybridized carbons (Fsp3) is 0.400. The monoisotopic (exact) mass is 343 g/mol. The molecule has 1 aromatic heterocycles. The van der Waals surface area contributed by atoms with Gasteiger partial charge in [-0.25, -0.2) is 0 Å². The summed E-state index contributed by atoms with van der Waals surface area (Å²) in [6.07, 6.45) is 6.81. The van der Waals surface area contributed by atoms with Gasteiger partial charge in [-0.15, -0.1) is 0 Å². The van der Waals surface area contributed by atoms with Crippen LogP contribution in [0.3, 0.4) is 0 Å². The minimum absolute atomic E-state index is 0.0717. The molecule has 1 aromatic carbocycles. The predicted octanol–water partition coefficient (Wildman–Crippen LogP) is 4.59. The van der Waals surface area contributed by atoms with E-state index in [0.717, 1.165) is 23.4 Å². The van der Waals surface area contributed by atoms with Crippen LogP contribution in [0.15, 0.2) is 47.4 Å². The lowest BCUT2D eigenvalue weighted by Crippen LogP contribution is -2.19. The Morgan fingerprint density at radius 2 is 1.92 bits per heavy atom. The Kier molecular flexibility index (Phi) is 5.20. The maximum absolute atomic E-state index is 12.8. The molecule has 1 heterocycles. The molecule has 1 unspecified atom stereocenters. The quantitative estimate of drug-likeness (QED) is 0.745. The van der Waals surface area contributed by atoms with E-state index in [1.54, 1.807) is 19.3 Å². The fourth-order valence-electron chi connectivity index (χ4n) is 3.74. The molecule has 0 N–H and O–H groups in total. The summed E-state index contributed by atoms with van der Waals surface area (Å²) in [5.41, 5.74) is 1.56. The number of carbonyl (C=O) groups is 1. The van der Waals surface area contributed by atoms with Gasteiger partial charge in [0.2, 0.25) is 5.56 Å². The summed E-state index contributed by atoms with van der Waals surface area (Å²) in [5.74, 6) is 0.717. The van der Waals surface area contributed by atoms with Gasteiger partial charge in [0.15, 0.2) is 5.78 Å². The molecule has 1 saturated carbocycles. The Hall–Kier alpha value is -1.87. The van der Waals surface area contributed by atoms with Gasteiger partial charge in [0, 0.05) is 36.3 Å². The third-order valence-electron chi connectivity index (χ3n) is 5.09. The summed E-state index contributed by atoms with van der Waals surface area (Å²) in [5, 5.41) is 0.739. The zero-order valence-corrected chi connectivity index (χ0v) is 14.6. The molecule has 0 spiro atoms. The molecule has 0 radical (unpaired) electrons. The first-order valence-electron chi connectivity index (χ1n) is 8.50. The lowest BCUT2D eigenvalue weighted by atomic mass is 9.80. The van der Waals surface area contributed by atoms with Crippen LogP contribution in [0.1, 0.15) is 53.9 Å². The Labute approximate surface area is 147 Å². The smallest absolute Gasteiger partial charge is 0.250 e. The zero-order chi connectivity index (χ0) is 17.1. The molecule has 2 aromatic rings. The molecule has 0 saturated heterocycles. The number of carbonyl (C=O) groups excluding carboxylic acids is 1. The number of nitrogens with zero attached hydrogens (tertiary/aromatic N) is 1. The minimum Gasteiger partial charge on any atom is -0.318 e. The number of Topliss-reactive ketones (excluding diaryl/α,β-unsaturated/α-hetero) is 1. The highest BCUT2D eigenvalue weighted by Gasteiger charge is 2.29. The first kappa shape index (κ1) is 17.0. The van der Waals surface area contributed by atoms with Crippen molar-refractivity contribution in [1.29, 1.82) is 0 Å². The minimum atomic E-state index is -0.106. The zero-order valence-electron chi connectivity index (χ0n) is 13.9. The summed E-state index contributed by atoms with van der Waals surface area (Å²) >= 11 is 6.42. The summed E-state index contributed by atoms with van der Waals surface area (Å²) in [6.45, 7) is 0. The average Bonchev–Trinajstić information content (AvgIpc) is 3.10. The van der Waals surface area contributed by atoms with E-state index in [2.05, 4.69) is 0 Å². The van der Waals surface area contributed by atoms with E-state index in [4.69, 9.17) is 11.6 Å². The lowest BCUT2D eigenvalue weighted by Gasteiger charge is -2.24. The molecule has 4 heteroatoms. The fourth-order valence-corrected chi connectivity index (χ4v) is 4.02. The van der Waals surface area contributed by atoms with Crippen molar-refractivity contribution in [2.75, 3.05) is 0 Å². The van der Waals surface area contributed by atoms with E-state index in [9.17, 15) is 9.59 Å². The van der Waals surface area contributed by atoms with Crippen molar-refractivity contribution in [3.63, 3.8) is 0 Å². The second-order valence-electron chi connectivity index (χ2n) is 6.67. The highest BCUT2D eigenvalue weighted by atomic mass is 35.5. The van der Waals surface area contributed by atoms with E-state index in [1.165, 1.54) is 23.5 Å². The largest absolute Gasteiger partial charge is 0.318 e. The number of benzene rings is 1. The van der Waals surface area contributed by atoms with Crippen LogP contribution in [0.2, 0.25) is 5.02 Å². The number of aromatic nitrogens is 1. The van der Waals surface area contributed by atoms with E-state index in [0.29, 0.717) is 17.9 Å². The summed E-state index contributed by atoms with van der Waals surface area (Å²) in [7, 11) is 1.67. The number of pyridine rings is 1. The molecule has 1 aliphatic carbocycles. The molecule has 1 atom stereocenters. The molecule has 0 aliphatic heterocycles.